The molecule has 2 aliphatic heterocycles. The predicted octanol–water partition coefficient (Wildman–Crippen LogP) is 4.60. The number of piperidine rings is 1. The number of morpholine rings is 1. The highest BCUT2D eigenvalue weighted by Gasteiger charge is 2.23. The van der Waals surface area contributed by atoms with Gasteiger partial charge >= 0.3 is 0 Å². The van der Waals surface area contributed by atoms with Gasteiger partial charge in [-0.25, -0.2) is 4.98 Å². The van der Waals surface area contributed by atoms with E-state index in [2.05, 4.69) is 41.1 Å². The van der Waals surface area contributed by atoms with E-state index in [-0.39, 0.29) is 0 Å². The molecule has 41 heavy (non-hydrogen) atoms. The molecule has 0 spiro atoms. The molecular weight excluding hydrogens is 522 g/mol. The Bertz CT molecular complexity index is 1310. The average molecular weight is 566 g/mol. The van der Waals surface area contributed by atoms with E-state index in [4.69, 9.17) is 33.7 Å². The monoisotopic (exact) mass is 565 g/mol. The van der Waals surface area contributed by atoms with E-state index >= 15 is 0 Å². The van der Waals surface area contributed by atoms with Crippen LogP contribution < -0.4 is 29.2 Å². The summed E-state index contributed by atoms with van der Waals surface area (Å²) in [6.45, 7) is 10.7. The Morgan fingerprint density at radius 2 is 1.59 bits per heavy atom. The second kappa shape index (κ2) is 13.4. The van der Waals surface area contributed by atoms with E-state index in [1.165, 1.54) is 5.56 Å². The molecule has 2 saturated heterocycles. The van der Waals surface area contributed by atoms with Gasteiger partial charge in [0.2, 0.25) is 5.95 Å². The predicted molar refractivity (Wildman–Crippen MR) is 161 cm³/mol. The molecule has 0 saturated carbocycles. The fourth-order valence-electron chi connectivity index (χ4n) is 5.39. The van der Waals surface area contributed by atoms with Gasteiger partial charge < -0.3 is 33.9 Å². The molecule has 1 N–H and O–H groups in total. The zero-order valence-electron chi connectivity index (χ0n) is 24.9. The number of anilines is 2. The van der Waals surface area contributed by atoms with Crippen molar-refractivity contribution < 1.29 is 23.7 Å². The molecule has 0 amide bonds. The van der Waals surface area contributed by atoms with Crippen molar-refractivity contribution in [3.05, 3.63) is 35.9 Å². The summed E-state index contributed by atoms with van der Waals surface area (Å²) < 4.78 is 28.3. The van der Waals surface area contributed by atoms with E-state index in [1.807, 2.05) is 18.2 Å². The van der Waals surface area contributed by atoms with Crippen LogP contribution in [0.1, 0.15) is 32.3 Å². The lowest BCUT2D eigenvalue weighted by atomic mass is 10.0. The van der Waals surface area contributed by atoms with Crippen LogP contribution in [0, 0.1) is 5.92 Å². The van der Waals surface area contributed by atoms with E-state index in [1.54, 1.807) is 21.3 Å². The van der Waals surface area contributed by atoms with Crippen LogP contribution in [-0.2, 0) is 11.3 Å². The van der Waals surface area contributed by atoms with Crippen LogP contribution in [0.5, 0.6) is 23.0 Å². The SMILES string of the molecule is COc1cc2nc(NC3CCN(Cc4ccc(OC)c(OCC(C)C)c4)CC3)nc(N3CCOCC3)c2cc1OC. The van der Waals surface area contributed by atoms with Gasteiger partial charge in [0.05, 0.1) is 46.7 Å². The lowest BCUT2D eigenvalue weighted by molar-refractivity contribution is 0.122. The average Bonchev–Trinajstić information content (AvgIpc) is 3.00. The highest BCUT2D eigenvalue weighted by molar-refractivity contribution is 5.93. The zero-order valence-corrected chi connectivity index (χ0v) is 24.9. The molecule has 10 nitrogen and oxygen atoms in total. The van der Waals surface area contributed by atoms with Gasteiger partial charge in [-0.2, -0.15) is 4.98 Å². The number of methoxy groups -OCH3 is 3. The number of likely N-dealkylation sites (tertiary alicyclic amines) is 1. The maximum Gasteiger partial charge on any atom is 0.225 e. The minimum atomic E-state index is 0.294. The van der Waals surface area contributed by atoms with Crippen molar-refractivity contribution in [3.8, 4) is 23.0 Å². The number of rotatable bonds is 11. The normalized spacial score (nSPS) is 16.7. The van der Waals surface area contributed by atoms with E-state index < -0.39 is 0 Å². The van der Waals surface area contributed by atoms with Crippen LogP contribution in [0.3, 0.4) is 0 Å². The third-order valence-electron chi connectivity index (χ3n) is 7.62. The number of nitrogens with one attached hydrogen (secondary N) is 1. The van der Waals surface area contributed by atoms with Crippen molar-refractivity contribution in [1.82, 2.24) is 14.9 Å². The first-order valence-electron chi connectivity index (χ1n) is 14.5. The highest BCUT2D eigenvalue weighted by atomic mass is 16.5. The quantitative estimate of drug-likeness (QED) is 0.356. The van der Waals surface area contributed by atoms with Gasteiger partial charge in [0.15, 0.2) is 23.0 Å². The van der Waals surface area contributed by atoms with Crippen LogP contribution in [-0.4, -0.2) is 88.2 Å². The molecule has 2 fully saturated rings. The van der Waals surface area contributed by atoms with E-state index in [0.29, 0.717) is 49.2 Å². The molecule has 2 aliphatic rings. The maximum absolute atomic E-state index is 6.02. The van der Waals surface area contributed by atoms with Crippen LogP contribution in [0.15, 0.2) is 30.3 Å². The summed E-state index contributed by atoms with van der Waals surface area (Å²) >= 11 is 0. The smallest absolute Gasteiger partial charge is 0.225 e. The van der Waals surface area contributed by atoms with Crippen LogP contribution in [0.25, 0.3) is 10.9 Å². The Labute approximate surface area is 242 Å². The van der Waals surface area contributed by atoms with Crippen LogP contribution in [0.4, 0.5) is 11.8 Å². The zero-order chi connectivity index (χ0) is 28.8. The standard InChI is InChI=1S/C31H43N5O5/c1-21(2)20-41-29-16-22(6-7-26(29)37-3)19-35-10-8-23(9-11-35)32-31-33-25-18-28(39-5)27(38-4)17-24(25)30(34-31)36-12-14-40-15-13-36/h6-7,16-18,21,23H,8-15,19-20H2,1-5H3,(H,32,33,34). The van der Waals surface area contributed by atoms with Crippen LogP contribution >= 0.6 is 0 Å². The van der Waals surface area contributed by atoms with Crippen LogP contribution in [0.2, 0.25) is 0 Å². The second-order valence-corrected chi connectivity index (χ2v) is 11.1. The third kappa shape index (κ3) is 7.05. The van der Waals surface area contributed by atoms with Crippen molar-refractivity contribution in [2.24, 2.45) is 5.92 Å². The van der Waals surface area contributed by atoms with Gasteiger partial charge in [-0.3, -0.25) is 4.90 Å². The summed E-state index contributed by atoms with van der Waals surface area (Å²) in [4.78, 5) is 14.7. The third-order valence-corrected chi connectivity index (χ3v) is 7.62. The number of hydrogen-bond acceptors (Lipinski definition) is 10. The summed E-state index contributed by atoms with van der Waals surface area (Å²) in [5, 5.41) is 4.58. The molecule has 0 radical (unpaired) electrons. The number of fused-ring (bicyclic) bond motifs is 1. The summed E-state index contributed by atoms with van der Waals surface area (Å²) in [6, 6.07) is 10.5. The van der Waals surface area contributed by atoms with E-state index in [9.17, 15) is 0 Å². The highest BCUT2D eigenvalue weighted by Crippen LogP contribution is 2.36. The Kier molecular flexibility index (Phi) is 9.51. The minimum Gasteiger partial charge on any atom is -0.493 e. The first kappa shape index (κ1) is 29.0. The maximum atomic E-state index is 6.02. The second-order valence-electron chi connectivity index (χ2n) is 11.1. The van der Waals surface area contributed by atoms with Gasteiger partial charge in [-0.05, 0) is 42.5 Å². The molecule has 0 aliphatic carbocycles. The van der Waals surface area contributed by atoms with Crippen molar-refractivity contribution in [3.63, 3.8) is 0 Å². The fraction of sp³-hybridized carbons (Fsp3) is 0.548. The van der Waals surface area contributed by atoms with Gasteiger partial charge in [0.1, 0.15) is 5.82 Å². The number of aromatic nitrogens is 2. The van der Waals surface area contributed by atoms with Crippen molar-refractivity contribution in [2.45, 2.75) is 39.3 Å². The molecule has 0 atom stereocenters. The molecule has 0 unspecified atom stereocenters. The Hall–Kier alpha value is -3.50. The summed E-state index contributed by atoms with van der Waals surface area (Å²) in [7, 11) is 4.98. The molecule has 10 heteroatoms. The summed E-state index contributed by atoms with van der Waals surface area (Å²) in [5.41, 5.74) is 2.06. The molecule has 222 valence electrons. The molecule has 3 aromatic rings. The first-order valence-corrected chi connectivity index (χ1v) is 14.5. The topological polar surface area (TPSA) is 90.4 Å². The van der Waals surface area contributed by atoms with Crippen molar-refractivity contribution in [2.75, 3.05) is 77.5 Å². The fourth-order valence-corrected chi connectivity index (χ4v) is 5.39. The van der Waals surface area contributed by atoms with E-state index in [0.717, 1.165) is 73.8 Å². The molecule has 3 heterocycles. The van der Waals surface area contributed by atoms with Gasteiger partial charge in [0.25, 0.3) is 0 Å². The first-order chi connectivity index (χ1) is 20.0. The van der Waals surface area contributed by atoms with Crippen molar-refractivity contribution in [1.29, 1.82) is 0 Å². The summed E-state index contributed by atoms with van der Waals surface area (Å²) in [5.74, 6) is 4.91. The molecule has 1 aromatic heterocycles. The van der Waals surface area contributed by atoms with Crippen molar-refractivity contribution >= 4 is 22.7 Å². The Morgan fingerprint density at radius 3 is 2.27 bits per heavy atom. The Morgan fingerprint density at radius 1 is 0.878 bits per heavy atom. The number of benzene rings is 2. The number of nitrogens with zero attached hydrogens (tertiary/aromatic N) is 4. The molecule has 5 rings (SSSR count). The minimum absolute atomic E-state index is 0.294. The number of hydrogen-bond donors (Lipinski definition) is 1. The molecule has 0 bridgehead atoms. The molecular formula is C31H43N5O5. The van der Waals surface area contributed by atoms with Gasteiger partial charge in [-0.1, -0.05) is 19.9 Å². The Balaban J connectivity index is 1.27. The molecule has 2 aromatic carbocycles. The summed E-state index contributed by atoms with van der Waals surface area (Å²) in [6.07, 6.45) is 2.01. The van der Waals surface area contributed by atoms with Gasteiger partial charge in [0, 0.05) is 50.2 Å². The lowest BCUT2D eigenvalue weighted by Gasteiger charge is -2.33. The van der Waals surface area contributed by atoms with Gasteiger partial charge in [-0.15, -0.1) is 0 Å². The lowest BCUT2D eigenvalue weighted by Crippen LogP contribution is -2.39. The largest absolute Gasteiger partial charge is 0.493 e. The number of ether oxygens (including phenoxy) is 5.